The maximum atomic E-state index is 11.9. The molecule has 0 aliphatic heterocycles. The lowest BCUT2D eigenvalue weighted by Crippen LogP contribution is -2.43. The zero-order valence-electron chi connectivity index (χ0n) is 8.40. The van der Waals surface area contributed by atoms with Gasteiger partial charge in [0.1, 0.15) is 0 Å². The minimum absolute atomic E-state index is 0.0678. The van der Waals surface area contributed by atoms with Crippen molar-refractivity contribution in [1.82, 2.24) is 5.32 Å². The van der Waals surface area contributed by atoms with Crippen LogP contribution in [-0.2, 0) is 4.79 Å². The highest BCUT2D eigenvalue weighted by molar-refractivity contribution is 5.81. The molecule has 14 heavy (non-hydrogen) atoms. The van der Waals surface area contributed by atoms with E-state index in [-0.39, 0.29) is 11.3 Å². The number of rotatable bonds is 2. The van der Waals surface area contributed by atoms with Gasteiger partial charge in [-0.2, -0.15) is 13.2 Å². The molecule has 1 amide bonds. The fourth-order valence-electron chi connectivity index (χ4n) is 1.75. The zero-order valence-corrected chi connectivity index (χ0v) is 8.40. The van der Waals surface area contributed by atoms with E-state index in [0.29, 0.717) is 0 Å². The van der Waals surface area contributed by atoms with Gasteiger partial charge in [-0.25, -0.2) is 0 Å². The SMILES string of the molecule is CC(NC(=O)C(F)(F)F)C1CC1(C)C. The minimum atomic E-state index is -4.77. The van der Waals surface area contributed by atoms with Crippen LogP contribution in [0, 0.1) is 11.3 Å². The molecule has 1 fully saturated rings. The van der Waals surface area contributed by atoms with Crippen LogP contribution >= 0.6 is 0 Å². The van der Waals surface area contributed by atoms with Crippen LogP contribution in [-0.4, -0.2) is 18.1 Å². The third-order valence-corrected chi connectivity index (χ3v) is 2.81. The second-order valence-corrected chi connectivity index (χ2v) is 4.56. The van der Waals surface area contributed by atoms with Crippen molar-refractivity contribution in [1.29, 1.82) is 0 Å². The molecule has 0 spiro atoms. The number of amides is 1. The fourth-order valence-corrected chi connectivity index (χ4v) is 1.75. The average Bonchev–Trinajstić information content (AvgIpc) is 2.57. The van der Waals surface area contributed by atoms with Crippen LogP contribution in [0.1, 0.15) is 27.2 Å². The normalized spacial score (nSPS) is 26.9. The number of carbonyl (C=O) groups excluding carboxylic acids is 1. The lowest BCUT2D eigenvalue weighted by molar-refractivity contribution is -0.174. The molecule has 0 aromatic rings. The predicted molar refractivity (Wildman–Crippen MR) is 45.5 cm³/mol. The number of alkyl halides is 3. The third kappa shape index (κ3) is 2.39. The molecule has 1 N–H and O–H groups in total. The molecule has 1 saturated carbocycles. The molecule has 1 aliphatic carbocycles. The second kappa shape index (κ2) is 3.14. The van der Waals surface area contributed by atoms with E-state index in [1.165, 1.54) is 0 Å². The van der Waals surface area contributed by atoms with Crippen molar-refractivity contribution in [2.75, 3.05) is 0 Å². The summed E-state index contributed by atoms with van der Waals surface area (Å²) >= 11 is 0. The Morgan fingerprint density at radius 3 is 2.21 bits per heavy atom. The Kier molecular flexibility index (Phi) is 2.54. The van der Waals surface area contributed by atoms with Gasteiger partial charge in [0.25, 0.3) is 0 Å². The van der Waals surface area contributed by atoms with E-state index >= 15 is 0 Å². The molecule has 5 heteroatoms. The molecular weight excluding hydrogens is 195 g/mol. The highest BCUT2D eigenvalue weighted by atomic mass is 19.4. The van der Waals surface area contributed by atoms with E-state index in [1.54, 1.807) is 6.92 Å². The van der Waals surface area contributed by atoms with Gasteiger partial charge >= 0.3 is 12.1 Å². The van der Waals surface area contributed by atoms with E-state index in [4.69, 9.17) is 0 Å². The maximum Gasteiger partial charge on any atom is 0.471 e. The quantitative estimate of drug-likeness (QED) is 0.741. The summed E-state index contributed by atoms with van der Waals surface area (Å²) in [6.45, 7) is 5.57. The monoisotopic (exact) mass is 209 g/mol. The molecular formula is C9H14F3NO. The lowest BCUT2D eigenvalue weighted by atomic mass is 10.1. The van der Waals surface area contributed by atoms with Crippen molar-refractivity contribution in [2.24, 2.45) is 11.3 Å². The van der Waals surface area contributed by atoms with Crippen molar-refractivity contribution in [3.63, 3.8) is 0 Å². The highest BCUT2D eigenvalue weighted by Crippen LogP contribution is 2.53. The minimum Gasteiger partial charge on any atom is -0.346 e. The van der Waals surface area contributed by atoms with Gasteiger partial charge in [0.05, 0.1) is 0 Å². The number of hydrogen-bond acceptors (Lipinski definition) is 1. The van der Waals surface area contributed by atoms with E-state index in [9.17, 15) is 18.0 Å². The van der Waals surface area contributed by atoms with Crippen LogP contribution in [0.5, 0.6) is 0 Å². The molecule has 0 radical (unpaired) electrons. The Balaban J connectivity index is 2.43. The van der Waals surface area contributed by atoms with Crippen LogP contribution in [0.2, 0.25) is 0 Å². The standard InChI is InChI=1S/C9H14F3NO/c1-5(6-4-8(6,2)3)13-7(14)9(10,11)12/h5-6H,4H2,1-3H3,(H,13,14). The van der Waals surface area contributed by atoms with Crippen LogP contribution in [0.15, 0.2) is 0 Å². The first-order valence-electron chi connectivity index (χ1n) is 4.52. The Morgan fingerprint density at radius 2 is 1.93 bits per heavy atom. The molecule has 82 valence electrons. The molecule has 2 unspecified atom stereocenters. The smallest absolute Gasteiger partial charge is 0.346 e. The largest absolute Gasteiger partial charge is 0.471 e. The predicted octanol–water partition coefficient (Wildman–Crippen LogP) is 2.10. The number of hydrogen-bond donors (Lipinski definition) is 1. The summed E-state index contributed by atoms with van der Waals surface area (Å²) in [5, 5.41) is 1.97. The maximum absolute atomic E-state index is 11.9. The average molecular weight is 209 g/mol. The van der Waals surface area contributed by atoms with Crippen LogP contribution in [0.4, 0.5) is 13.2 Å². The summed E-state index contributed by atoms with van der Waals surface area (Å²) in [6.07, 6.45) is -3.90. The lowest BCUT2D eigenvalue weighted by Gasteiger charge is -2.16. The van der Waals surface area contributed by atoms with Gasteiger partial charge in [-0.15, -0.1) is 0 Å². The van der Waals surface area contributed by atoms with Crippen LogP contribution < -0.4 is 5.32 Å². The van der Waals surface area contributed by atoms with Gasteiger partial charge in [-0.3, -0.25) is 4.79 Å². The van der Waals surface area contributed by atoms with Gasteiger partial charge in [-0.05, 0) is 24.7 Å². The molecule has 0 saturated heterocycles. The van der Waals surface area contributed by atoms with Crippen molar-refractivity contribution in [3.05, 3.63) is 0 Å². The molecule has 0 aromatic heterocycles. The molecule has 2 atom stereocenters. The summed E-state index contributed by atoms with van der Waals surface area (Å²) in [4.78, 5) is 10.6. The van der Waals surface area contributed by atoms with Crippen molar-refractivity contribution < 1.29 is 18.0 Å². The molecule has 2 nitrogen and oxygen atoms in total. The first-order chi connectivity index (χ1) is 6.14. The Labute approximate surface area is 80.9 Å². The van der Waals surface area contributed by atoms with Crippen molar-refractivity contribution in [3.8, 4) is 0 Å². The van der Waals surface area contributed by atoms with E-state index in [2.05, 4.69) is 0 Å². The topological polar surface area (TPSA) is 29.1 Å². The molecule has 1 aliphatic rings. The third-order valence-electron chi connectivity index (χ3n) is 2.81. The zero-order chi connectivity index (χ0) is 11.1. The van der Waals surface area contributed by atoms with Gasteiger partial charge < -0.3 is 5.32 Å². The fraction of sp³-hybridized carbons (Fsp3) is 0.889. The Hall–Kier alpha value is -0.740. The summed E-state index contributed by atoms with van der Waals surface area (Å²) in [6, 6.07) is -0.404. The Bertz CT molecular complexity index is 247. The molecule has 0 aromatic carbocycles. The highest BCUT2D eigenvalue weighted by Gasteiger charge is 2.50. The van der Waals surface area contributed by atoms with Crippen molar-refractivity contribution in [2.45, 2.75) is 39.4 Å². The molecule has 0 heterocycles. The van der Waals surface area contributed by atoms with Crippen molar-refractivity contribution >= 4 is 5.91 Å². The second-order valence-electron chi connectivity index (χ2n) is 4.56. The number of nitrogens with one attached hydrogen (secondary N) is 1. The first kappa shape index (κ1) is 11.3. The van der Waals surface area contributed by atoms with E-state index in [1.807, 2.05) is 19.2 Å². The van der Waals surface area contributed by atoms with Gasteiger partial charge in [0.15, 0.2) is 0 Å². The van der Waals surface area contributed by atoms with Crippen LogP contribution in [0.25, 0.3) is 0 Å². The number of halogens is 3. The first-order valence-corrected chi connectivity index (χ1v) is 4.52. The summed E-state index contributed by atoms with van der Waals surface area (Å²) < 4.78 is 35.6. The number of carbonyl (C=O) groups is 1. The summed E-state index contributed by atoms with van der Waals surface area (Å²) in [5.41, 5.74) is 0.0678. The molecule has 1 rings (SSSR count). The molecule has 0 bridgehead atoms. The van der Waals surface area contributed by atoms with Crippen LogP contribution in [0.3, 0.4) is 0 Å². The van der Waals surface area contributed by atoms with Gasteiger partial charge in [0, 0.05) is 6.04 Å². The van der Waals surface area contributed by atoms with Gasteiger partial charge in [0.2, 0.25) is 0 Å². The summed E-state index contributed by atoms with van der Waals surface area (Å²) in [5.74, 6) is -1.68. The summed E-state index contributed by atoms with van der Waals surface area (Å²) in [7, 11) is 0. The van der Waals surface area contributed by atoms with E-state index in [0.717, 1.165) is 6.42 Å². The van der Waals surface area contributed by atoms with Gasteiger partial charge in [-0.1, -0.05) is 13.8 Å². The Morgan fingerprint density at radius 1 is 1.50 bits per heavy atom. The van der Waals surface area contributed by atoms with E-state index < -0.39 is 18.1 Å².